The van der Waals surface area contributed by atoms with Gasteiger partial charge in [0.1, 0.15) is 0 Å². The molecule has 88 valence electrons. The molecule has 0 amide bonds. The van der Waals surface area contributed by atoms with Crippen LogP contribution < -0.4 is 22.9 Å². The average molecular weight is 230 g/mol. The molecule has 0 aromatic carbocycles. The van der Waals surface area contributed by atoms with Crippen molar-refractivity contribution in [3.05, 3.63) is 0 Å². The largest absolute Gasteiger partial charge is 0.394 e. The van der Waals surface area contributed by atoms with Crippen molar-refractivity contribution in [1.82, 2.24) is 0 Å². The van der Waals surface area contributed by atoms with Crippen molar-refractivity contribution in [1.29, 1.82) is 0 Å². The highest BCUT2D eigenvalue weighted by atomic mass is 32.3. The van der Waals surface area contributed by atoms with Gasteiger partial charge in [0, 0.05) is 31.6 Å². The van der Waals surface area contributed by atoms with Gasteiger partial charge in [0.2, 0.25) is 0 Å². The Balaban J connectivity index is 0. The molecule has 0 saturated carbocycles. The van der Waals surface area contributed by atoms with E-state index in [0.29, 0.717) is 26.2 Å². The topological polar surface area (TPSA) is 179 Å². The van der Waals surface area contributed by atoms with E-state index >= 15 is 0 Å². The Hall–Kier alpha value is -0.290. The van der Waals surface area contributed by atoms with Gasteiger partial charge in [0.15, 0.2) is 0 Å². The van der Waals surface area contributed by atoms with Crippen LogP contribution in [0.15, 0.2) is 0 Å². The molecule has 8 nitrogen and oxygen atoms in total. The summed E-state index contributed by atoms with van der Waals surface area (Å²) in [6, 6.07) is 0. The molecule has 0 fully saturated rings. The van der Waals surface area contributed by atoms with E-state index in [2.05, 4.69) is 0 Å². The summed E-state index contributed by atoms with van der Waals surface area (Å²) in [5, 5.41) is 0. The highest BCUT2D eigenvalue weighted by Crippen LogP contribution is 2.06. The molecule has 0 aliphatic carbocycles. The number of hydrogen-bond donors (Lipinski definition) is 6. The number of nitrogens with two attached hydrogens (primary N) is 4. The second kappa shape index (κ2) is 7.06. The standard InChI is InChI=1S/C5H16N4.H2O4S/c6-1-5(2-7,3-8)4-9;1-5(2,3)4/h1-4,6-9H2;(H2,1,2,3,4). The molecule has 0 bridgehead atoms. The summed E-state index contributed by atoms with van der Waals surface area (Å²) < 4.78 is 31.6. The van der Waals surface area contributed by atoms with E-state index in [-0.39, 0.29) is 5.41 Å². The Morgan fingerprint density at radius 2 is 1.00 bits per heavy atom. The summed E-state index contributed by atoms with van der Waals surface area (Å²) in [7, 11) is -4.67. The van der Waals surface area contributed by atoms with E-state index in [4.69, 9.17) is 40.5 Å². The van der Waals surface area contributed by atoms with E-state index in [1.54, 1.807) is 0 Å². The molecule has 10 N–H and O–H groups in total. The van der Waals surface area contributed by atoms with Crippen molar-refractivity contribution in [3.8, 4) is 0 Å². The highest BCUT2D eigenvalue weighted by Gasteiger charge is 2.22. The van der Waals surface area contributed by atoms with Crippen LogP contribution >= 0.6 is 0 Å². The van der Waals surface area contributed by atoms with Crippen molar-refractivity contribution < 1.29 is 17.5 Å². The molecule has 0 aromatic heterocycles. The molecule has 0 atom stereocenters. The van der Waals surface area contributed by atoms with Crippen molar-refractivity contribution in [2.75, 3.05) is 26.2 Å². The van der Waals surface area contributed by atoms with Crippen LogP contribution in [0.2, 0.25) is 0 Å². The van der Waals surface area contributed by atoms with Crippen molar-refractivity contribution >= 4 is 10.4 Å². The lowest BCUT2D eigenvalue weighted by Crippen LogP contribution is -2.49. The maximum absolute atomic E-state index is 8.74. The van der Waals surface area contributed by atoms with Crippen molar-refractivity contribution in [2.45, 2.75) is 0 Å². The number of hydrogen-bond acceptors (Lipinski definition) is 6. The lowest BCUT2D eigenvalue weighted by molar-refractivity contribution is 0.333. The lowest BCUT2D eigenvalue weighted by atomic mass is 9.89. The van der Waals surface area contributed by atoms with Crippen LogP contribution in [0, 0.1) is 5.41 Å². The monoisotopic (exact) mass is 230 g/mol. The maximum Gasteiger partial charge on any atom is 0.394 e. The molecule has 0 saturated heterocycles. The van der Waals surface area contributed by atoms with Gasteiger partial charge in [0.25, 0.3) is 0 Å². The van der Waals surface area contributed by atoms with E-state index in [0.717, 1.165) is 0 Å². The van der Waals surface area contributed by atoms with Crippen LogP contribution in [0.5, 0.6) is 0 Å². The van der Waals surface area contributed by atoms with E-state index in [1.807, 2.05) is 0 Å². The van der Waals surface area contributed by atoms with Crippen molar-refractivity contribution in [2.24, 2.45) is 28.3 Å². The van der Waals surface area contributed by atoms with Gasteiger partial charge >= 0.3 is 10.4 Å². The van der Waals surface area contributed by atoms with Gasteiger partial charge in [-0.2, -0.15) is 8.42 Å². The fraction of sp³-hybridized carbons (Fsp3) is 1.00. The van der Waals surface area contributed by atoms with Crippen LogP contribution in [-0.2, 0) is 10.4 Å². The van der Waals surface area contributed by atoms with Gasteiger partial charge in [0.05, 0.1) is 0 Å². The first kappa shape index (κ1) is 16.2. The third-order valence-electron chi connectivity index (χ3n) is 1.73. The first-order valence-corrected chi connectivity index (χ1v) is 5.14. The first-order chi connectivity index (χ1) is 6.24. The minimum atomic E-state index is -4.67. The Labute approximate surface area is 83.2 Å². The molecule has 0 unspecified atom stereocenters. The Kier molecular flexibility index (Phi) is 8.15. The zero-order valence-electron chi connectivity index (χ0n) is 7.76. The summed E-state index contributed by atoms with van der Waals surface area (Å²) in [6.45, 7) is 1.88. The SMILES string of the molecule is NCC(CN)(CN)CN.O=S(=O)(O)O. The fourth-order valence-corrected chi connectivity index (χ4v) is 0.500. The van der Waals surface area contributed by atoms with E-state index in [9.17, 15) is 0 Å². The Morgan fingerprint density at radius 1 is 0.857 bits per heavy atom. The van der Waals surface area contributed by atoms with Crippen LogP contribution in [0.25, 0.3) is 0 Å². The Bertz CT molecular complexity index is 200. The summed E-state index contributed by atoms with van der Waals surface area (Å²) >= 11 is 0. The molecule has 14 heavy (non-hydrogen) atoms. The van der Waals surface area contributed by atoms with Gasteiger partial charge < -0.3 is 22.9 Å². The predicted molar refractivity (Wildman–Crippen MR) is 52.8 cm³/mol. The van der Waals surface area contributed by atoms with Gasteiger partial charge in [-0.15, -0.1) is 0 Å². The van der Waals surface area contributed by atoms with Gasteiger partial charge in [-0.1, -0.05) is 0 Å². The molecular weight excluding hydrogens is 212 g/mol. The lowest BCUT2D eigenvalue weighted by Gasteiger charge is -2.26. The summed E-state index contributed by atoms with van der Waals surface area (Å²) in [5.74, 6) is 0. The van der Waals surface area contributed by atoms with Gasteiger partial charge in [-0.3, -0.25) is 9.11 Å². The van der Waals surface area contributed by atoms with Crippen LogP contribution in [0.1, 0.15) is 0 Å². The fourth-order valence-electron chi connectivity index (χ4n) is 0.500. The average Bonchev–Trinajstić information content (AvgIpc) is 2.07. The first-order valence-electron chi connectivity index (χ1n) is 3.75. The highest BCUT2D eigenvalue weighted by molar-refractivity contribution is 7.79. The zero-order valence-corrected chi connectivity index (χ0v) is 8.57. The molecule has 0 heterocycles. The Morgan fingerprint density at radius 3 is 1.00 bits per heavy atom. The second-order valence-corrected chi connectivity index (χ2v) is 3.66. The third-order valence-corrected chi connectivity index (χ3v) is 1.73. The molecular formula is C5H18N4O4S. The predicted octanol–water partition coefficient (Wildman–Crippen LogP) is -2.85. The second-order valence-electron chi connectivity index (χ2n) is 2.76. The molecule has 0 spiro atoms. The molecule has 0 rings (SSSR count). The van der Waals surface area contributed by atoms with Crippen LogP contribution in [0.4, 0.5) is 0 Å². The summed E-state index contributed by atoms with van der Waals surface area (Å²) in [6.07, 6.45) is 0. The molecule has 0 aliphatic heterocycles. The quantitative estimate of drug-likeness (QED) is 0.279. The zero-order chi connectivity index (χ0) is 11.8. The smallest absolute Gasteiger partial charge is 0.330 e. The minimum absolute atomic E-state index is 0.222. The molecule has 0 radical (unpaired) electrons. The third kappa shape index (κ3) is 9.80. The molecule has 9 heteroatoms. The minimum Gasteiger partial charge on any atom is -0.330 e. The van der Waals surface area contributed by atoms with E-state index in [1.165, 1.54) is 0 Å². The van der Waals surface area contributed by atoms with Gasteiger partial charge in [-0.05, 0) is 0 Å². The van der Waals surface area contributed by atoms with Crippen LogP contribution in [0.3, 0.4) is 0 Å². The molecule has 0 aliphatic rings. The van der Waals surface area contributed by atoms with Crippen molar-refractivity contribution in [3.63, 3.8) is 0 Å². The van der Waals surface area contributed by atoms with E-state index < -0.39 is 10.4 Å². The van der Waals surface area contributed by atoms with Crippen LogP contribution in [-0.4, -0.2) is 43.7 Å². The maximum atomic E-state index is 8.74. The summed E-state index contributed by atoms with van der Waals surface area (Å²) in [5.41, 5.74) is 21.4. The summed E-state index contributed by atoms with van der Waals surface area (Å²) in [4.78, 5) is 0. The normalized spacial score (nSPS) is 11.9. The molecule has 0 aromatic rings. The van der Waals surface area contributed by atoms with Gasteiger partial charge in [-0.25, -0.2) is 0 Å². The number of rotatable bonds is 4.